The number of nitrogens with zero attached hydrogens (tertiary/aromatic N) is 2. The number of thiazole rings is 1. The van der Waals surface area contributed by atoms with E-state index in [9.17, 15) is 4.79 Å². The van der Waals surface area contributed by atoms with Crippen LogP contribution in [-0.2, 0) is 11.2 Å². The third-order valence-electron chi connectivity index (χ3n) is 4.16. The van der Waals surface area contributed by atoms with Crippen molar-refractivity contribution in [3.8, 4) is 10.6 Å². The van der Waals surface area contributed by atoms with E-state index < -0.39 is 0 Å². The minimum atomic E-state index is 0. The minimum Gasteiger partial charge on any atom is -0.341 e. The summed E-state index contributed by atoms with van der Waals surface area (Å²) < 4.78 is 0. The number of likely N-dealkylation sites (tertiary alicyclic amines) is 1. The van der Waals surface area contributed by atoms with E-state index >= 15 is 0 Å². The van der Waals surface area contributed by atoms with Gasteiger partial charge in [-0.2, -0.15) is 0 Å². The van der Waals surface area contributed by atoms with E-state index in [4.69, 9.17) is 11.6 Å². The molecule has 25 heavy (non-hydrogen) atoms. The lowest BCUT2D eigenvalue weighted by Crippen LogP contribution is -2.47. The van der Waals surface area contributed by atoms with Crippen molar-refractivity contribution in [1.29, 1.82) is 0 Å². The number of benzene rings is 1. The average molecular weight is 423 g/mol. The molecule has 0 bridgehead atoms. The number of carbonyl (C=O) groups is 1. The molecule has 1 saturated heterocycles. The second kappa shape index (κ2) is 10.3. The Labute approximate surface area is 169 Å². The second-order valence-electron chi connectivity index (χ2n) is 5.80. The molecule has 3 rings (SSSR count). The molecular weight excluding hydrogens is 401 g/mol. The maximum absolute atomic E-state index is 12.5. The molecule has 1 aliphatic rings. The number of hydrogen-bond donors (Lipinski definition) is 1. The first-order valence-electron chi connectivity index (χ1n) is 7.81. The Hall–Kier alpha value is -0.850. The van der Waals surface area contributed by atoms with Gasteiger partial charge in [0.15, 0.2) is 0 Å². The van der Waals surface area contributed by atoms with Crippen LogP contribution in [0.1, 0.15) is 18.5 Å². The number of rotatable bonds is 4. The Bertz CT molecular complexity index is 678. The molecule has 1 aromatic heterocycles. The second-order valence-corrected chi connectivity index (χ2v) is 7.09. The molecule has 1 fully saturated rings. The summed E-state index contributed by atoms with van der Waals surface area (Å²) in [5, 5.41) is 6.88. The number of nitrogens with one attached hydrogen (secondary N) is 1. The molecule has 2 heterocycles. The van der Waals surface area contributed by atoms with E-state index in [1.165, 1.54) is 0 Å². The zero-order chi connectivity index (χ0) is 16.2. The number of piperidine rings is 1. The Morgan fingerprint density at radius 1 is 1.36 bits per heavy atom. The van der Waals surface area contributed by atoms with Gasteiger partial charge in [-0.05, 0) is 32.0 Å². The summed E-state index contributed by atoms with van der Waals surface area (Å²) in [6.07, 6.45) is 2.57. The molecule has 0 aliphatic carbocycles. The van der Waals surface area contributed by atoms with Crippen molar-refractivity contribution in [2.24, 2.45) is 0 Å². The Balaban J connectivity index is 0.00000156. The zero-order valence-corrected chi connectivity index (χ0v) is 17.1. The average Bonchev–Trinajstić information content (AvgIpc) is 3.04. The van der Waals surface area contributed by atoms with Crippen molar-refractivity contribution in [1.82, 2.24) is 15.2 Å². The van der Waals surface area contributed by atoms with E-state index in [-0.39, 0.29) is 30.7 Å². The molecule has 1 aliphatic heterocycles. The number of amides is 1. The van der Waals surface area contributed by atoms with Crippen molar-refractivity contribution in [3.05, 3.63) is 40.4 Å². The van der Waals surface area contributed by atoms with E-state index in [2.05, 4.69) is 10.3 Å². The highest BCUT2D eigenvalue weighted by molar-refractivity contribution is 7.13. The van der Waals surface area contributed by atoms with Crippen molar-refractivity contribution >= 4 is 53.7 Å². The van der Waals surface area contributed by atoms with Gasteiger partial charge in [0.05, 0.1) is 12.1 Å². The lowest BCUT2D eigenvalue weighted by atomic mass is 10.1. The number of likely N-dealkylation sites (N-methyl/N-ethyl adjacent to an activating group) is 1. The van der Waals surface area contributed by atoms with Gasteiger partial charge >= 0.3 is 0 Å². The third-order valence-corrected chi connectivity index (χ3v) is 5.35. The van der Waals surface area contributed by atoms with Gasteiger partial charge in [-0.3, -0.25) is 4.79 Å². The number of aromatic nitrogens is 1. The van der Waals surface area contributed by atoms with Crippen LogP contribution < -0.4 is 5.32 Å². The Kier molecular flexibility index (Phi) is 9.17. The molecule has 0 radical (unpaired) electrons. The molecule has 1 aromatic carbocycles. The fourth-order valence-corrected chi connectivity index (χ4v) is 3.77. The summed E-state index contributed by atoms with van der Waals surface area (Å²) in [5.74, 6) is 0.165. The first-order chi connectivity index (χ1) is 11.2. The largest absolute Gasteiger partial charge is 0.341 e. The molecule has 0 spiro atoms. The lowest BCUT2D eigenvalue weighted by molar-refractivity contribution is -0.131. The zero-order valence-electron chi connectivity index (χ0n) is 13.9. The topological polar surface area (TPSA) is 45.2 Å². The highest BCUT2D eigenvalue weighted by atomic mass is 35.5. The fraction of sp³-hybridized carbons (Fsp3) is 0.412. The van der Waals surface area contributed by atoms with E-state index in [0.717, 1.165) is 42.2 Å². The number of carbonyl (C=O) groups excluding carboxylic acids is 1. The van der Waals surface area contributed by atoms with E-state index in [1.54, 1.807) is 11.3 Å². The molecule has 1 N–H and O–H groups in total. The number of hydrogen-bond acceptors (Lipinski definition) is 4. The maximum Gasteiger partial charge on any atom is 0.228 e. The van der Waals surface area contributed by atoms with Crippen LogP contribution in [0.2, 0.25) is 5.02 Å². The van der Waals surface area contributed by atoms with Crippen LogP contribution in [0.4, 0.5) is 0 Å². The fourth-order valence-electron chi connectivity index (χ4n) is 2.82. The molecule has 1 atom stereocenters. The van der Waals surface area contributed by atoms with E-state index in [1.807, 2.05) is 41.6 Å². The highest BCUT2D eigenvalue weighted by Gasteiger charge is 2.23. The van der Waals surface area contributed by atoms with Gasteiger partial charge in [-0.15, -0.1) is 36.2 Å². The molecule has 4 nitrogen and oxygen atoms in total. The minimum absolute atomic E-state index is 0. The normalized spacial score (nSPS) is 16.7. The molecular formula is C17H22Cl3N3OS. The van der Waals surface area contributed by atoms with Crippen molar-refractivity contribution in [3.63, 3.8) is 0 Å². The van der Waals surface area contributed by atoms with Crippen LogP contribution >= 0.6 is 47.8 Å². The quantitative estimate of drug-likeness (QED) is 0.808. The van der Waals surface area contributed by atoms with Crippen LogP contribution in [0.5, 0.6) is 0 Å². The summed E-state index contributed by atoms with van der Waals surface area (Å²) >= 11 is 7.48. The predicted molar refractivity (Wildman–Crippen MR) is 109 cm³/mol. The molecule has 2 aromatic rings. The van der Waals surface area contributed by atoms with Gasteiger partial charge in [-0.25, -0.2) is 4.98 Å². The van der Waals surface area contributed by atoms with Crippen LogP contribution in [0.3, 0.4) is 0 Å². The van der Waals surface area contributed by atoms with Gasteiger partial charge in [0.2, 0.25) is 5.91 Å². The molecule has 1 amide bonds. The van der Waals surface area contributed by atoms with Gasteiger partial charge in [0.1, 0.15) is 5.01 Å². The van der Waals surface area contributed by atoms with E-state index in [0.29, 0.717) is 17.5 Å². The first kappa shape index (κ1) is 22.2. The molecule has 1 unspecified atom stereocenters. The van der Waals surface area contributed by atoms with Crippen LogP contribution in [0.25, 0.3) is 10.6 Å². The van der Waals surface area contributed by atoms with Gasteiger partial charge < -0.3 is 10.2 Å². The summed E-state index contributed by atoms with van der Waals surface area (Å²) in [6.45, 7) is 1.65. The number of halogens is 3. The Morgan fingerprint density at radius 3 is 2.76 bits per heavy atom. The van der Waals surface area contributed by atoms with Gasteiger partial charge in [0, 0.05) is 35.1 Å². The van der Waals surface area contributed by atoms with Crippen LogP contribution in [-0.4, -0.2) is 42.0 Å². The van der Waals surface area contributed by atoms with Crippen molar-refractivity contribution in [2.45, 2.75) is 25.3 Å². The SMILES string of the molecule is CNC1CCCN(C(=O)Cc2csc(-c3ccc(Cl)cc3)n2)C1.Cl.Cl. The van der Waals surface area contributed by atoms with Crippen LogP contribution in [0.15, 0.2) is 29.6 Å². The van der Waals surface area contributed by atoms with Crippen LogP contribution in [0, 0.1) is 0 Å². The first-order valence-corrected chi connectivity index (χ1v) is 9.07. The monoisotopic (exact) mass is 421 g/mol. The molecule has 0 saturated carbocycles. The van der Waals surface area contributed by atoms with Crippen molar-refractivity contribution in [2.75, 3.05) is 20.1 Å². The molecule has 138 valence electrons. The Morgan fingerprint density at radius 2 is 2.08 bits per heavy atom. The van der Waals surface area contributed by atoms with Gasteiger partial charge in [-0.1, -0.05) is 23.7 Å². The smallest absolute Gasteiger partial charge is 0.228 e. The summed E-state index contributed by atoms with van der Waals surface area (Å²) in [6, 6.07) is 8.03. The summed E-state index contributed by atoms with van der Waals surface area (Å²) in [4.78, 5) is 19.0. The molecule has 8 heteroatoms. The lowest BCUT2D eigenvalue weighted by Gasteiger charge is -2.32. The summed E-state index contributed by atoms with van der Waals surface area (Å²) in [5.41, 5.74) is 1.88. The predicted octanol–water partition coefficient (Wildman–Crippen LogP) is 4.06. The maximum atomic E-state index is 12.5. The summed E-state index contributed by atoms with van der Waals surface area (Å²) in [7, 11) is 1.96. The van der Waals surface area contributed by atoms with Crippen molar-refractivity contribution < 1.29 is 4.79 Å². The highest BCUT2D eigenvalue weighted by Crippen LogP contribution is 2.25. The third kappa shape index (κ3) is 5.83. The standard InChI is InChI=1S/C17H20ClN3OS.2ClH/c1-19-14-3-2-8-21(10-14)16(22)9-15-11-23-17(20-15)12-4-6-13(18)7-5-12;;/h4-7,11,14,19H,2-3,8-10H2,1H3;2*1H. The van der Waals surface area contributed by atoms with Gasteiger partial charge in [0.25, 0.3) is 0 Å².